The van der Waals surface area contributed by atoms with E-state index in [1.165, 1.54) is 225 Å². The predicted octanol–water partition coefficient (Wildman–Crippen LogP) is 24.1. The highest BCUT2D eigenvalue weighted by atomic mass is 31.2. The third kappa shape index (κ3) is 73.8. The molecule has 590 valence electrons. The maximum absolute atomic E-state index is 13.1. The highest BCUT2D eigenvalue weighted by Gasteiger charge is 2.30. The number of esters is 4. The van der Waals surface area contributed by atoms with Gasteiger partial charge in [-0.1, -0.05) is 360 Å². The highest BCUT2D eigenvalue weighted by molar-refractivity contribution is 7.47. The van der Waals surface area contributed by atoms with Gasteiger partial charge in [0, 0.05) is 25.7 Å². The summed E-state index contributed by atoms with van der Waals surface area (Å²) < 4.78 is 68.6. The molecule has 0 aromatic heterocycles. The zero-order chi connectivity index (χ0) is 73.2. The van der Waals surface area contributed by atoms with E-state index in [4.69, 9.17) is 37.0 Å². The molecule has 0 aliphatic heterocycles. The SMILES string of the molecule is CCCCCC/C=C\C=C/CCCCCCCC(=O)OC[C@H](COP(=O)(O)OC[C@@H](O)COP(=O)(O)OC[C@@H](COC(=O)CCCCCCCCCCCC)OC(=O)CCCCCCCCCCCCCCC)OC(=O)CCCCCCCCCCCCCCCCCCCCCCCC. The Balaban J connectivity index is 5.23. The third-order valence-electron chi connectivity index (χ3n) is 18.5. The van der Waals surface area contributed by atoms with E-state index in [9.17, 15) is 43.2 Å². The van der Waals surface area contributed by atoms with Crippen molar-refractivity contribution in [3.8, 4) is 0 Å². The third-order valence-corrected chi connectivity index (χ3v) is 20.4. The molecule has 3 N–H and O–H groups in total. The number of carbonyl (C=O) groups is 4. The molecule has 0 saturated carbocycles. The van der Waals surface area contributed by atoms with Crippen LogP contribution in [0, 0.1) is 0 Å². The van der Waals surface area contributed by atoms with Gasteiger partial charge in [-0.25, -0.2) is 9.13 Å². The summed E-state index contributed by atoms with van der Waals surface area (Å²) in [5, 5.41) is 10.6. The van der Waals surface area contributed by atoms with Crippen molar-refractivity contribution in [3.63, 3.8) is 0 Å². The highest BCUT2D eigenvalue weighted by Crippen LogP contribution is 2.45. The van der Waals surface area contributed by atoms with Gasteiger partial charge in [-0.05, 0) is 51.4 Å². The molecule has 0 heterocycles. The lowest BCUT2D eigenvalue weighted by Gasteiger charge is -2.21. The molecule has 19 heteroatoms. The molecule has 5 atom stereocenters. The van der Waals surface area contributed by atoms with Crippen LogP contribution in [-0.4, -0.2) is 96.7 Å². The maximum Gasteiger partial charge on any atom is 0.472 e. The van der Waals surface area contributed by atoms with Crippen molar-refractivity contribution in [2.75, 3.05) is 39.6 Å². The first kappa shape index (κ1) is 97.5. The van der Waals surface area contributed by atoms with Gasteiger partial charge in [0.25, 0.3) is 0 Å². The first-order chi connectivity index (χ1) is 48.7. The number of carbonyl (C=O) groups excluding carboxylic acids is 4. The van der Waals surface area contributed by atoms with Crippen LogP contribution in [0.15, 0.2) is 24.3 Å². The number of ether oxygens (including phenoxy) is 4. The van der Waals surface area contributed by atoms with Crippen molar-refractivity contribution in [2.45, 2.75) is 431 Å². The molecule has 0 spiro atoms. The van der Waals surface area contributed by atoms with Crippen LogP contribution in [0.1, 0.15) is 413 Å². The molecular formula is C81H154O17P2. The lowest BCUT2D eigenvalue weighted by molar-refractivity contribution is -0.161. The number of hydrogen-bond donors (Lipinski definition) is 3. The molecule has 0 aromatic carbocycles. The lowest BCUT2D eigenvalue weighted by Crippen LogP contribution is -2.30. The van der Waals surface area contributed by atoms with Gasteiger partial charge in [0.1, 0.15) is 19.3 Å². The molecule has 0 aliphatic rings. The van der Waals surface area contributed by atoms with Crippen molar-refractivity contribution >= 4 is 39.5 Å². The first-order valence-corrected chi connectivity index (χ1v) is 44.6. The van der Waals surface area contributed by atoms with Gasteiger partial charge in [0.2, 0.25) is 0 Å². The Kier molecular flexibility index (Phi) is 73.0. The zero-order valence-corrected chi connectivity index (χ0v) is 66.5. The molecule has 17 nitrogen and oxygen atoms in total. The Bertz CT molecular complexity index is 1990. The van der Waals surface area contributed by atoms with Gasteiger partial charge in [0.05, 0.1) is 26.4 Å². The number of rotatable bonds is 80. The number of unbranched alkanes of at least 4 members (excludes halogenated alkanes) is 51. The fourth-order valence-corrected chi connectivity index (χ4v) is 13.7. The average Bonchev–Trinajstić information content (AvgIpc) is 0.983. The number of aliphatic hydroxyl groups excluding tert-OH is 1. The summed E-state index contributed by atoms with van der Waals surface area (Å²) in [6, 6.07) is 0. The summed E-state index contributed by atoms with van der Waals surface area (Å²) in [5.74, 6) is -2.14. The summed E-state index contributed by atoms with van der Waals surface area (Å²) in [6.07, 6.45) is 70.2. The topological polar surface area (TPSA) is 237 Å². The van der Waals surface area contributed by atoms with Crippen molar-refractivity contribution in [1.29, 1.82) is 0 Å². The van der Waals surface area contributed by atoms with Crippen LogP contribution >= 0.6 is 15.6 Å². The minimum Gasteiger partial charge on any atom is -0.462 e. The van der Waals surface area contributed by atoms with Crippen LogP contribution in [0.5, 0.6) is 0 Å². The van der Waals surface area contributed by atoms with Crippen LogP contribution in [0.25, 0.3) is 0 Å². The Hall–Kier alpha value is -2.46. The molecule has 0 amide bonds. The summed E-state index contributed by atoms with van der Waals surface area (Å²) in [6.45, 7) is 4.94. The van der Waals surface area contributed by atoms with E-state index in [0.717, 1.165) is 109 Å². The van der Waals surface area contributed by atoms with Crippen LogP contribution in [0.2, 0.25) is 0 Å². The second kappa shape index (κ2) is 74.8. The van der Waals surface area contributed by atoms with E-state index >= 15 is 0 Å². The standard InChI is InChI=1S/C81H154O17P2/c1-5-9-13-17-21-25-29-32-34-35-36-37-38-39-40-42-45-48-52-56-60-64-68-81(86)98-77(72-92-79(84)66-62-58-54-50-46-44-41-33-30-26-22-18-14-10-6-2)74-96-100(89,90)94-70-75(82)69-93-99(87,88)95-73-76(71-91-78(83)65-61-57-53-49-28-24-20-16-12-8-4)97-80(85)67-63-59-55-51-47-43-31-27-23-19-15-11-7-3/h26,30,33,41,75-77,82H,5-25,27-29,31-32,34-40,42-74H2,1-4H3,(H,87,88)(H,89,90)/b30-26-,41-33-/t75-,76+,77+/m0/s1. The van der Waals surface area contributed by atoms with E-state index in [1.54, 1.807) is 0 Å². The van der Waals surface area contributed by atoms with E-state index < -0.39 is 97.5 Å². The smallest absolute Gasteiger partial charge is 0.462 e. The van der Waals surface area contributed by atoms with Gasteiger partial charge in [-0.3, -0.25) is 37.3 Å². The van der Waals surface area contributed by atoms with Gasteiger partial charge in [-0.15, -0.1) is 0 Å². The van der Waals surface area contributed by atoms with E-state index in [1.807, 2.05) is 0 Å². The molecule has 0 rings (SSSR count). The predicted molar refractivity (Wildman–Crippen MR) is 409 cm³/mol. The molecule has 0 aromatic rings. The second-order valence-corrected chi connectivity index (χ2v) is 31.4. The Labute approximate surface area is 612 Å². The number of allylic oxidation sites excluding steroid dienone is 4. The Morgan fingerprint density at radius 2 is 0.480 bits per heavy atom. The minimum absolute atomic E-state index is 0.103. The molecule has 100 heavy (non-hydrogen) atoms. The lowest BCUT2D eigenvalue weighted by atomic mass is 10.0. The molecule has 0 saturated heterocycles. The average molecular weight is 1460 g/mol. The van der Waals surface area contributed by atoms with Crippen LogP contribution in [0.3, 0.4) is 0 Å². The van der Waals surface area contributed by atoms with Crippen molar-refractivity contribution in [3.05, 3.63) is 24.3 Å². The summed E-state index contributed by atoms with van der Waals surface area (Å²) >= 11 is 0. The van der Waals surface area contributed by atoms with Gasteiger partial charge in [-0.2, -0.15) is 0 Å². The zero-order valence-electron chi connectivity index (χ0n) is 64.7. The van der Waals surface area contributed by atoms with Crippen LogP contribution in [0.4, 0.5) is 0 Å². The minimum atomic E-state index is -4.97. The van der Waals surface area contributed by atoms with Crippen LogP contribution in [-0.2, 0) is 65.4 Å². The Morgan fingerprint density at radius 3 is 0.730 bits per heavy atom. The fourth-order valence-electron chi connectivity index (χ4n) is 12.1. The summed E-state index contributed by atoms with van der Waals surface area (Å²) in [4.78, 5) is 72.9. The number of phosphoric acid groups is 2. The molecule has 0 radical (unpaired) electrons. The van der Waals surface area contributed by atoms with Crippen molar-refractivity contribution in [2.24, 2.45) is 0 Å². The monoisotopic (exact) mass is 1460 g/mol. The van der Waals surface area contributed by atoms with E-state index in [2.05, 4.69) is 52.0 Å². The van der Waals surface area contributed by atoms with Gasteiger partial charge < -0.3 is 33.8 Å². The van der Waals surface area contributed by atoms with E-state index in [0.29, 0.717) is 25.7 Å². The summed E-state index contributed by atoms with van der Waals surface area (Å²) in [7, 11) is -9.93. The number of phosphoric ester groups is 2. The van der Waals surface area contributed by atoms with Crippen molar-refractivity contribution in [1.82, 2.24) is 0 Å². The number of hydrogen-bond acceptors (Lipinski definition) is 15. The van der Waals surface area contributed by atoms with E-state index in [-0.39, 0.29) is 25.7 Å². The maximum atomic E-state index is 13.1. The molecule has 0 bridgehead atoms. The largest absolute Gasteiger partial charge is 0.472 e. The van der Waals surface area contributed by atoms with Crippen LogP contribution < -0.4 is 0 Å². The molecule has 0 aliphatic carbocycles. The quantitative estimate of drug-likeness (QED) is 0.0169. The van der Waals surface area contributed by atoms with Gasteiger partial charge in [0.15, 0.2) is 12.2 Å². The van der Waals surface area contributed by atoms with Crippen molar-refractivity contribution < 1.29 is 80.2 Å². The number of aliphatic hydroxyl groups is 1. The first-order valence-electron chi connectivity index (χ1n) is 41.6. The normalized spacial score (nSPS) is 13.9. The molecular weight excluding hydrogens is 1310 g/mol. The molecule has 0 fully saturated rings. The Morgan fingerprint density at radius 1 is 0.280 bits per heavy atom. The van der Waals surface area contributed by atoms with Gasteiger partial charge >= 0.3 is 39.5 Å². The second-order valence-electron chi connectivity index (χ2n) is 28.5. The molecule has 2 unspecified atom stereocenters. The fraction of sp³-hybridized carbons (Fsp3) is 0.901. The summed E-state index contributed by atoms with van der Waals surface area (Å²) in [5.41, 5.74) is 0.